The van der Waals surface area contributed by atoms with Crippen LogP contribution in [0.4, 0.5) is 0 Å². The van der Waals surface area contributed by atoms with Gasteiger partial charge in [-0.05, 0) is 18.6 Å². The molecule has 0 fully saturated rings. The number of sulfonamides is 1. The SMILES string of the molecule is CCCCCCCCCCCCCCCCOCC(CC#N)CNS(=O)(=O)CCC[n+]1cccc2ccccc21. The maximum absolute atomic E-state index is 12.6. The molecule has 0 saturated heterocycles. The molecule has 1 N–H and O–H groups in total. The molecule has 224 valence electrons. The Morgan fingerprint density at radius 2 is 1.45 bits per heavy atom. The highest BCUT2D eigenvalue weighted by Crippen LogP contribution is 2.13. The van der Waals surface area contributed by atoms with Crippen LogP contribution in [0.15, 0.2) is 42.6 Å². The number of ether oxygens (including phenoxy) is 1. The van der Waals surface area contributed by atoms with Crippen LogP contribution in [-0.4, -0.2) is 33.9 Å². The summed E-state index contributed by atoms with van der Waals surface area (Å²) < 4.78 is 35.8. The molecule has 0 aliphatic rings. The van der Waals surface area contributed by atoms with Gasteiger partial charge >= 0.3 is 0 Å². The molecule has 0 spiro atoms. The van der Waals surface area contributed by atoms with Gasteiger partial charge in [0.15, 0.2) is 6.20 Å². The fourth-order valence-electron chi connectivity index (χ4n) is 5.13. The molecule has 1 aromatic heterocycles. The summed E-state index contributed by atoms with van der Waals surface area (Å²) in [4.78, 5) is 0. The Labute approximate surface area is 244 Å². The molecule has 2 rings (SSSR count). The number of nitriles is 1. The first-order valence-corrected chi connectivity index (χ1v) is 17.5. The Hall–Kier alpha value is -2.01. The van der Waals surface area contributed by atoms with Crippen LogP contribution in [0.5, 0.6) is 0 Å². The summed E-state index contributed by atoms with van der Waals surface area (Å²) in [5, 5.41) is 10.3. The van der Waals surface area contributed by atoms with E-state index in [-0.39, 0.29) is 24.6 Å². The molecule has 6 nitrogen and oxygen atoms in total. The molecular formula is C33H54N3O3S+. The van der Waals surface area contributed by atoms with Crippen LogP contribution >= 0.6 is 0 Å². The predicted octanol–water partition coefficient (Wildman–Crippen LogP) is 7.46. The van der Waals surface area contributed by atoms with Crippen molar-refractivity contribution in [3.8, 4) is 6.07 Å². The number of pyridine rings is 1. The maximum atomic E-state index is 12.6. The summed E-state index contributed by atoms with van der Waals surface area (Å²) in [5.74, 6) is -0.0681. The van der Waals surface area contributed by atoms with E-state index in [4.69, 9.17) is 10.00 Å². The average molecular weight is 573 g/mol. The van der Waals surface area contributed by atoms with Crippen LogP contribution in [-0.2, 0) is 21.3 Å². The smallest absolute Gasteiger partial charge is 0.212 e. The van der Waals surface area contributed by atoms with Crippen LogP contribution in [0.3, 0.4) is 0 Å². The number of rotatable bonds is 25. The monoisotopic (exact) mass is 572 g/mol. The van der Waals surface area contributed by atoms with E-state index in [2.05, 4.69) is 34.4 Å². The van der Waals surface area contributed by atoms with E-state index in [1.165, 1.54) is 83.5 Å². The first-order valence-electron chi connectivity index (χ1n) is 15.8. The molecular weight excluding hydrogens is 518 g/mol. The van der Waals surface area contributed by atoms with E-state index in [9.17, 15) is 8.42 Å². The Balaban J connectivity index is 1.49. The van der Waals surface area contributed by atoms with Gasteiger partial charge in [-0.2, -0.15) is 9.83 Å². The lowest BCUT2D eigenvalue weighted by Gasteiger charge is -2.15. The number of benzene rings is 1. The van der Waals surface area contributed by atoms with Crippen molar-refractivity contribution in [3.05, 3.63) is 42.6 Å². The minimum atomic E-state index is -3.41. The van der Waals surface area contributed by atoms with E-state index in [1.54, 1.807) is 0 Å². The molecule has 1 unspecified atom stereocenters. The van der Waals surface area contributed by atoms with E-state index in [0.717, 1.165) is 17.3 Å². The number of unbranched alkanes of at least 4 members (excludes halogenated alkanes) is 13. The van der Waals surface area contributed by atoms with Gasteiger partial charge in [-0.25, -0.2) is 13.1 Å². The number of hydrogen-bond donors (Lipinski definition) is 1. The molecule has 1 atom stereocenters. The molecule has 0 aliphatic carbocycles. The number of para-hydroxylation sites is 1. The number of hydrogen-bond acceptors (Lipinski definition) is 4. The number of aromatic nitrogens is 1. The Morgan fingerprint density at radius 1 is 0.850 bits per heavy atom. The normalized spacial score (nSPS) is 12.5. The zero-order valence-electron chi connectivity index (χ0n) is 25.0. The van der Waals surface area contributed by atoms with Gasteiger partial charge in [0, 0.05) is 49.4 Å². The number of nitrogens with zero attached hydrogens (tertiary/aromatic N) is 2. The van der Waals surface area contributed by atoms with Gasteiger partial charge in [-0.3, -0.25) is 0 Å². The third kappa shape index (κ3) is 15.7. The van der Waals surface area contributed by atoms with Gasteiger partial charge in [0.25, 0.3) is 0 Å². The van der Waals surface area contributed by atoms with Crippen molar-refractivity contribution in [1.82, 2.24) is 4.72 Å². The van der Waals surface area contributed by atoms with E-state index < -0.39 is 10.0 Å². The average Bonchev–Trinajstić information content (AvgIpc) is 2.95. The molecule has 0 radical (unpaired) electrons. The summed E-state index contributed by atoms with van der Waals surface area (Å²) in [5.41, 5.74) is 1.10. The quantitative estimate of drug-likeness (QED) is 0.0988. The van der Waals surface area contributed by atoms with Crippen LogP contribution in [0.25, 0.3) is 10.9 Å². The van der Waals surface area contributed by atoms with Crippen LogP contribution in [0, 0.1) is 17.2 Å². The second-order valence-electron chi connectivity index (χ2n) is 11.2. The molecule has 1 aromatic carbocycles. The fraction of sp³-hybridized carbons (Fsp3) is 0.697. The van der Waals surface area contributed by atoms with E-state index >= 15 is 0 Å². The summed E-state index contributed by atoms with van der Waals surface area (Å²) in [6, 6.07) is 14.3. The molecule has 0 aliphatic heterocycles. The second kappa shape index (κ2) is 21.7. The summed E-state index contributed by atoms with van der Waals surface area (Å²) in [6.45, 7) is 4.24. The minimum Gasteiger partial charge on any atom is -0.381 e. The third-order valence-electron chi connectivity index (χ3n) is 7.57. The Morgan fingerprint density at radius 3 is 2.10 bits per heavy atom. The topological polar surface area (TPSA) is 83.1 Å². The predicted molar refractivity (Wildman–Crippen MR) is 165 cm³/mol. The van der Waals surface area contributed by atoms with Crippen molar-refractivity contribution in [2.24, 2.45) is 5.92 Å². The van der Waals surface area contributed by atoms with E-state index in [1.807, 2.05) is 30.5 Å². The maximum Gasteiger partial charge on any atom is 0.212 e. The Bertz CT molecular complexity index is 1060. The number of aryl methyl sites for hydroxylation is 1. The lowest BCUT2D eigenvalue weighted by Crippen LogP contribution is -2.37. The van der Waals surface area contributed by atoms with Crippen LogP contribution < -0.4 is 9.29 Å². The van der Waals surface area contributed by atoms with Gasteiger partial charge in [0.2, 0.25) is 15.5 Å². The van der Waals surface area contributed by atoms with Gasteiger partial charge in [-0.15, -0.1) is 0 Å². The van der Waals surface area contributed by atoms with Crippen molar-refractivity contribution < 1.29 is 17.7 Å². The highest BCUT2D eigenvalue weighted by molar-refractivity contribution is 7.89. The first kappa shape index (κ1) is 34.2. The highest BCUT2D eigenvalue weighted by atomic mass is 32.2. The lowest BCUT2D eigenvalue weighted by molar-refractivity contribution is -0.671. The second-order valence-corrected chi connectivity index (χ2v) is 13.1. The van der Waals surface area contributed by atoms with Crippen LogP contribution in [0.1, 0.15) is 110 Å². The first-order chi connectivity index (χ1) is 19.6. The van der Waals surface area contributed by atoms with Crippen molar-refractivity contribution in [2.45, 2.75) is 116 Å². The molecule has 1 heterocycles. The Kier molecular flexibility index (Phi) is 18.5. The number of fused-ring (bicyclic) bond motifs is 1. The summed E-state index contributed by atoms with van der Waals surface area (Å²) >= 11 is 0. The van der Waals surface area contributed by atoms with Gasteiger partial charge in [0.05, 0.1) is 18.4 Å². The molecule has 2 aromatic rings. The lowest BCUT2D eigenvalue weighted by atomic mass is 10.0. The standard InChI is InChI=1S/C33H54N3O3S/c1-2-3-4-5-6-7-8-9-10-11-12-13-14-17-27-39-30-31(23-24-34)29-35-40(37,38)28-19-26-36-25-18-21-32-20-15-16-22-33(32)36/h15-16,18,20-22,25,31,35H,2-14,17,19,23,26-30H2,1H3/q+1. The molecule has 7 heteroatoms. The summed E-state index contributed by atoms with van der Waals surface area (Å²) in [7, 11) is -3.41. The van der Waals surface area contributed by atoms with Crippen molar-refractivity contribution in [3.63, 3.8) is 0 Å². The molecule has 40 heavy (non-hydrogen) atoms. The fourth-order valence-corrected chi connectivity index (χ4v) is 6.27. The zero-order chi connectivity index (χ0) is 28.7. The molecule has 0 bridgehead atoms. The van der Waals surface area contributed by atoms with Crippen molar-refractivity contribution in [1.29, 1.82) is 5.26 Å². The third-order valence-corrected chi connectivity index (χ3v) is 9.00. The minimum absolute atomic E-state index is 0.0579. The zero-order valence-corrected chi connectivity index (χ0v) is 25.8. The summed E-state index contributed by atoms with van der Waals surface area (Å²) in [6.07, 6.45) is 21.3. The van der Waals surface area contributed by atoms with Gasteiger partial charge < -0.3 is 4.74 Å². The van der Waals surface area contributed by atoms with Crippen molar-refractivity contribution >= 4 is 20.9 Å². The van der Waals surface area contributed by atoms with E-state index in [0.29, 0.717) is 26.2 Å². The molecule has 0 amide bonds. The number of nitrogens with one attached hydrogen (secondary N) is 1. The van der Waals surface area contributed by atoms with Crippen molar-refractivity contribution in [2.75, 3.05) is 25.5 Å². The highest BCUT2D eigenvalue weighted by Gasteiger charge is 2.17. The van der Waals surface area contributed by atoms with Crippen LogP contribution in [0.2, 0.25) is 0 Å². The molecule has 0 saturated carbocycles. The van der Waals surface area contributed by atoms with Gasteiger partial charge in [0.1, 0.15) is 6.54 Å². The van der Waals surface area contributed by atoms with Gasteiger partial charge in [-0.1, -0.05) is 103 Å². The largest absolute Gasteiger partial charge is 0.381 e.